The van der Waals surface area contributed by atoms with E-state index in [2.05, 4.69) is 25.3 Å². The highest BCUT2D eigenvalue weighted by Crippen LogP contribution is 2.19. The second kappa shape index (κ2) is 9.00. The summed E-state index contributed by atoms with van der Waals surface area (Å²) in [6.07, 6.45) is 10.7. The van der Waals surface area contributed by atoms with Crippen LogP contribution in [0.4, 0.5) is 5.82 Å². The zero-order valence-corrected chi connectivity index (χ0v) is 13.0. The maximum absolute atomic E-state index is 6.29. The largest absolute Gasteiger partial charge is 0.384 e. The lowest BCUT2D eigenvalue weighted by Gasteiger charge is -2.08. The van der Waals surface area contributed by atoms with E-state index in [1.165, 1.54) is 44.3 Å². The Morgan fingerprint density at radius 2 is 1.63 bits per heavy atom. The number of aryl methyl sites for hydroxylation is 2. The Bertz CT molecular complexity index is 355. The molecule has 0 aliphatic heterocycles. The number of hydrogen-bond acceptors (Lipinski definition) is 2. The van der Waals surface area contributed by atoms with Crippen molar-refractivity contribution in [3.05, 3.63) is 11.5 Å². The summed E-state index contributed by atoms with van der Waals surface area (Å²) in [7, 11) is 0. The second-order valence-corrected chi connectivity index (χ2v) is 5.43. The maximum Gasteiger partial charge on any atom is 0.126 e. The van der Waals surface area contributed by atoms with E-state index in [1.807, 2.05) is 0 Å². The van der Waals surface area contributed by atoms with Gasteiger partial charge in [-0.3, -0.25) is 0 Å². The lowest BCUT2D eigenvalue weighted by molar-refractivity contribution is 0.604. The van der Waals surface area contributed by atoms with Crippen molar-refractivity contribution in [1.82, 2.24) is 9.55 Å². The number of nitrogens with zero attached hydrogens (tertiary/aromatic N) is 2. The first-order valence-electron chi connectivity index (χ1n) is 8.08. The third-order valence-electron chi connectivity index (χ3n) is 3.64. The molecular weight excluding hydrogens is 234 g/mol. The molecule has 0 atom stereocenters. The molecule has 110 valence electrons. The summed E-state index contributed by atoms with van der Waals surface area (Å²) in [5.74, 6) is 2.12. The monoisotopic (exact) mass is 265 g/mol. The van der Waals surface area contributed by atoms with Crippen molar-refractivity contribution in [2.24, 2.45) is 0 Å². The van der Waals surface area contributed by atoms with Gasteiger partial charge in [0.2, 0.25) is 0 Å². The van der Waals surface area contributed by atoms with E-state index in [-0.39, 0.29) is 0 Å². The summed E-state index contributed by atoms with van der Waals surface area (Å²) in [5, 5.41) is 0. The quantitative estimate of drug-likeness (QED) is 0.639. The molecule has 0 aliphatic rings. The van der Waals surface area contributed by atoms with Crippen LogP contribution < -0.4 is 5.73 Å². The molecule has 0 aliphatic carbocycles. The van der Waals surface area contributed by atoms with Crippen molar-refractivity contribution >= 4 is 5.82 Å². The van der Waals surface area contributed by atoms with Gasteiger partial charge in [-0.05, 0) is 25.7 Å². The number of imidazole rings is 1. The van der Waals surface area contributed by atoms with Crippen LogP contribution in [0.2, 0.25) is 0 Å². The average molecular weight is 265 g/mol. The summed E-state index contributed by atoms with van der Waals surface area (Å²) in [4.78, 5) is 4.79. The minimum Gasteiger partial charge on any atom is -0.384 e. The summed E-state index contributed by atoms with van der Waals surface area (Å²) in [6, 6.07) is 0. The molecule has 0 bridgehead atoms. The van der Waals surface area contributed by atoms with Gasteiger partial charge in [0.1, 0.15) is 11.6 Å². The molecule has 0 saturated carbocycles. The highest BCUT2D eigenvalue weighted by Gasteiger charge is 2.13. The molecule has 3 nitrogen and oxygen atoms in total. The van der Waals surface area contributed by atoms with Gasteiger partial charge in [-0.1, -0.05) is 46.5 Å². The molecule has 0 unspecified atom stereocenters. The number of anilines is 1. The number of nitrogen functional groups attached to an aromatic ring is 1. The lowest BCUT2D eigenvalue weighted by Crippen LogP contribution is -2.07. The van der Waals surface area contributed by atoms with Crippen LogP contribution >= 0.6 is 0 Å². The van der Waals surface area contributed by atoms with Crippen LogP contribution in [0, 0.1) is 0 Å². The number of nitrogens with two attached hydrogens (primary N) is 1. The van der Waals surface area contributed by atoms with Crippen LogP contribution in [0.15, 0.2) is 0 Å². The third-order valence-corrected chi connectivity index (χ3v) is 3.64. The molecule has 3 heteroatoms. The number of unbranched alkanes of at least 4 members (excludes halogenated alkanes) is 4. The Morgan fingerprint density at radius 1 is 0.895 bits per heavy atom. The molecule has 0 aromatic carbocycles. The Labute approximate surface area is 118 Å². The van der Waals surface area contributed by atoms with Crippen molar-refractivity contribution in [1.29, 1.82) is 0 Å². The van der Waals surface area contributed by atoms with Crippen molar-refractivity contribution in [3.8, 4) is 0 Å². The van der Waals surface area contributed by atoms with Gasteiger partial charge in [0.05, 0.1) is 5.69 Å². The fourth-order valence-corrected chi connectivity index (χ4v) is 2.45. The SMILES string of the molecule is CCCCCCc1nc(CCC)n(CCCC)c1N. The minimum absolute atomic E-state index is 0.924. The van der Waals surface area contributed by atoms with Crippen molar-refractivity contribution < 1.29 is 0 Å². The lowest BCUT2D eigenvalue weighted by atomic mass is 10.1. The molecule has 0 saturated heterocycles. The summed E-state index contributed by atoms with van der Waals surface area (Å²) in [5.41, 5.74) is 7.43. The van der Waals surface area contributed by atoms with Crippen LogP contribution in [-0.2, 0) is 19.4 Å². The smallest absolute Gasteiger partial charge is 0.126 e. The van der Waals surface area contributed by atoms with Gasteiger partial charge in [0.15, 0.2) is 0 Å². The van der Waals surface area contributed by atoms with Gasteiger partial charge in [-0.2, -0.15) is 0 Å². The summed E-state index contributed by atoms with van der Waals surface area (Å²) in [6.45, 7) is 7.70. The number of hydrogen-bond donors (Lipinski definition) is 1. The normalized spacial score (nSPS) is 11.1. The first kappa shape index (κ1) is 16.1. The predicted molar refractivity (Wildman–Crippen MR) is 83.4 cm³/mol. The Kier molecular flexibility index (Phi) is 7.61. The van der Waals surface area contributed by atoms with Crippen LogP contribution in [0.3, 0.4) is 0 Å². The van der Waals surface area contributed by atoms with E-state index in [1.54, 1.807) is 0 Å². The molecule has 0 fully saturated rings. The second-order valence-electron chi connectivity index (χ2n) is 5.43. The van der Waals surface area contributed by atoms with Gasteiger partial charge in [-0.25, -0.2) is 4.98 Å². The molecule has 2 N–H and O–H groups in total. The zero-order chi connectivity index (χ0) is 14.1. The van der Waals surface area contributed by atoms with E-state index in [0.29, 0.717) is 0 Å². The van der Waals surface area contributed by atoms with E-state index in [0.717, 1.165) is 37.3 Å². The average Bonchev–Trinajstić information content (AvgIpc) is 2.69. The molecule has 0 radical (unpaired) electrons. The molecule has 0 amide bonds. The van der Waals surface area contributed by atoms with E-state index in [9.17, 15) is 0 Å². The van der Waals surface area contributed by atoms with Crippen molar-refractivity contribution in [3.63, 3.8) is 0 Å². The van der Waals surface area contributed by atoms with Crippen LogP contribution in [-0.4, -0.2) is 9.55 Å². The summed E-state index contributed by atoms with van der Waals surface area (Å²) < 4.78 is 2.25. The molecule has 1 rings (SSSR count). The fraction of sp³-hybridized carbons (Fsp3) is 0.812. The Morgan fingerprint density at radius 3 is 2.26 bits per heavy atom. The fourth-order valence-electron chi connectivity index (χ4n) is 2.45. The highest BCUT2D eigenvalue weighted by molar-refractivity contribution is 5.38. The molecular formula is C16H31N3. The van der Waals surface area contributed by atoms with Gasteiger partial charge in [0, 0.05) is 13.0 Å². The van der Waals surface area contributed by atoms with E-state index >= 15 is 0 Å². The van der Waals surface area contributed by atoms with Crippen LogP contribution in [0.25, 0.3) is 0 Å². The van der Waals surface area contributed by atoms with Crippen molar-refractivity contribution in [2.45, 2.75) is 85.1 Å². The summed E-state index contributed by atoms with van der Waals surface area (Å²) >= 11 is 0. The molecule has 1 heterocycles. The topological polar surface area (TPSA) is 43.8 Å². The van der Waals surface area contributed by atoms with Gasteiger partial charge in [-0.15, -0.1) is 0 Å². The van der Waals surface area contributed by atoms with Crippen LogP contribution in [0.5, 0.6) is 0 Å². The zero-order valence-electron chi connectivity index (χ0n) is 13.0. The first-order valence-corrected chi connectivity index (χ1v) is 8.08. The number of aromatic nitrogens is 2. The number of rotatable bonds is 10. The third kappa shape index (κ3) is 4.88. The Balaban J connectivity index is 2.69. The minimum atomic E-state index is 0.924. The maximum atomic E-state index is 6.29. The highest BCUT2D eigenvalue weighted by atomic mass is 15.1. The van der Waals surface area contributed by atoms with E-state index < -0.39 is 0 Å². The Hall–Kier alpha value is -0.990. The predicted octanol–water partition coefficient (Wildman–Crippen LogP) is 4.34. The van der Waals surface area contributed by atoms with Crippen molar-refractivity contribution in [2.75, 3.05) is 5.73 Å². The van der Waals surface area contributed by atoms with Crippen LogP contribution in [0.1, 0.15) is 77.2 Å². The van der Waals surface area contributed by atoms with Gasteiger partial charge >= 0.3 is 0 Å². The van der Waals surface area contributed by atoms with Gasteiger partial charge < -0.3 is 10.3 Å². The van der Waals surface area contributed by atoms with E-state index in [4.69, 9.17) is 10.7 Å². The standard InChI is InChI=1S/C16H31N3/c1-4-7-9-10-12-14-16(17)19(13-8-5-2)15(18-14)11-6-3/h4-13,17H2,1-3H3. The molecule has 1 aromatic heterocycles. The molecule has 0 spiro atoms. The first-order chi connectivity index (χ1) is 9.24. The van der Waals surface area contributed by atoms with Gasteiger partial charge in [0.25, 0.3) is 0 Å². The molecule has 1 aromatic rings. The molecule has 19 heavy (non-hydrogen) atoms.